The number of amides is 1. The molecule has 0 unspecified atom stereocenters. The van der Waals surface area contributed by atoms with E-state index in [0.717, 1.165) is 27.6 Å². The number of fused-ring (bicyclic) bond motifs is 1. The molecule has 0 radical (unpaired) electrons. The molecule has 0 aliphatic carbocycles. The van der Waals surface area contributed by atoms with E-state index in [4.69, 9.17) is 4.74 Å². The second-order valence-electron chi connectivity index (χ2n) is 7.43. The Hall–Kier alpha value is -3.86. The molecule has 4 aromatic rings. The van der Waals surface area contributed by atoms with Gasteiger partial charge in [0.1, 0.15) is 0 Å². The standard InChI is InChI=1S/C26H24N2O3/c1-18(31-24(29)16-21-17-27-23-15-9-8-14-22(21)23)26(30)28-25(19-10-4-2-5-11-19)20-12-6-3-7-13-20/h2-15,17-18,25,27H,16H2,1H3,(H,28,30)/t18-/m1/s1. The lowest BCUT2D eigenvalue weighted by Gasteiger charge is -2.22. The summed E-state index contributed by atoms with van der Waals surface area (Å²) in [6, 6.07) is 26.9. The molecule has 0 saturated carbocycles. The Morgan fingerprint density at radius 3 is 2.10 bits per heavy atom. The second kappa shape index (κ2) is 9.30. The second-order valence-corrected chi connectivity index (χ2v) is 7.43. The van der Waals surface area contributed by atoms with Gasteiger partial charge in [-0.15, -0.1) is 0 Å². The number of rotatable bonds is 7. The van der Waals surface area contributed by atoms with Crippen LogP contribution in [0.15, 0.2) is 91.1 Å². The van der Waals surface area contributed by atoms with E-state index in [0.29, 0.717) is 0 Å². The van der Waals surface area contributed by atoms with Crippen LogP contribution >= 0.6 is 0 Å². The molecule has 5 nitrogen and oxygen atoms in total. The monoisotopic (exact) mass is 412 g/mol. The quantitative estimate of drug-likeness (QED) is 0.438. The molecular formula is C26H24N2O3. The number of ether oxygens (including phenoxy) is 1. The topological polar surface area (TPSA) is 71.2 Å². The molecule has 1 heterocycles. The van der Waals surface area contributed by atoms with Crippen LogP contribution in [0.2, 0.25) is 0 Å². The van der Waals surface area contributed by atoms with Crippen molar-refractivity contribution in [1.29, 1.82) is 0 Å². The normalized spacial score (nSPS) is 11.9. The lowest BCUT2D eigenvalue weighted by molar-refractivity contribution is -0.154. The number of carbonyl (C=O) groups excluding carboxylic acids is 2. The Morgan fingerprint density at radius 1 is 0.871 bits per heavy atom. The van der Waals surface area contributed by atoms with E-state index in [1.165, 1.54) is 0 Å². The Morgan fingerprint density at radius 2 is 1.45 bits per heavy atom. The Kier molecular flexibility index (Phi) is 6.13. The van der Waals surface area contributed by atoms with Crippen LogP contribution in [-0.4, -0.2) is 23.0 Å². The number of aromatic nitrogens is 1. The van der Waals surface area contributed by atoms with Crippen molar-refractivity contribution in [3.63, 3.8) is 0 Å². The molecule has 3 aromatic carbocycles. The zero-order valence-electron chi connectivity index (χ0n) is 17.2. The highest BCUT2D eigenvalue weighted by atomic mass is 16.5. The third kappa shape index (κ3) is 4.83. The van der Waals surface area contributed by atoms with Gasteiger partial charge in [0.05, 0.1) is 12.5 Å². The van der Waals surface area contributed by atoms with Crippen molar-refractivity contribution < 1.29 is 14.3 Å². The number of H-pyrrole nitrogens is 1. The molecule has 0 aliphatic heterocycles. The number of benzene rings is 3. The van der Waals surface area contributed by atoms with E-state index in [1.54, 1.807) is 13.1 Å². The maximum absolute atomic E-state index is 12.9. The predicted molar refractivity (Wildman–Crippen MR) is 120 cm³/mol. The van der Waals surface area contributed by atoms with E-state index in [-0.39, 0.29) is 18.4 Å². The van der Waals surface area contributed by atoms with Crippen molar-refractivity contribution in [2.45, 2.75) is 25.5 Å². The molecule has 1 aromatic heterocycles. The summed E-state index contributed by atoms with van der Waals surface area (Å²) in [6.07, 6.45) is 0.993. The van der Waals surface area contributed by atoms with Gasteiger partial charge in [-0.3, -0.25) is 9.59 Å². The predicted octanol–water partition coefficient (Wildman–Crippen LogP) is 4.55. The molecule has 4 rings (SSSR count). The summed E-state index contributed by atoms with van der Waals surface area (Å²) in [5.41, 5.74) is 3.73. The molecule has 0 bridgehead atoms. The fraction of sp³-hybridized carbons (Fsp3) is 0.154. The molecule has 0 spiro atoms. The number of carbonyl (C=O) groups is 2. The number of nitrogens with one attached hydrogen (secondary N) is 2. The van der Waals surface area contributed by atoms with Crippen LogP contribution in [0.3, 0.4) is 0 Å². The maximum Gasteiger partial charge on any atom is 0.311 e. The minimum Gasteiger partial charge on any atom is -0.452 e. The lowest BCUT2D eigenvalue weighted by Crippen LogP contribution is -2.38. The van der Waals surface area contributed by atoms with Gasteiger partial charge in [0, 0.05) is 17.1 Å². The van der Waals surface area contributed by atoms with Gasteiger partial charge in [-0.1, -0.05) is 78.9 Å². The molecule has 0 aliphatic rings. The lowest BCUT2D eigenvalue weighted by atomic mass is 9.98. The number of esters is 1. The Labute approximate surface area is 181 Å². The van der Waals surface area contributed by atoms with Gasteiger partial charge in [0.15, 0.2) is 6.10 Å². The van der Waals surface area contributed by atoms with Crippen molar-refractivity contribution in [2.24, 2.45) is 0 Å². The number of aromatic amines is 1. The summed E-state index contributed by atoms with van der Waals surface area (Å²) in [6.45, 7) is 1.59. The van der Waals surface area contributed by atoms with Gasteiger partial charge in [-0.05, 0) is 29.7 Å². The Balaban J connectivity index is 1.43. The highest BCUT2D eigenvalue weighted by molar-refractivity contribution is 5.89. The molecule has 1 atom stereocenters. The van der Waals surface area contributed by atoms with Crippen molar-refractivity contribution in [3.05, 3.63) is 108 Å². The fourth-order valence-corrected chi connectivity index (χ4v) is 3.64. The first kappa shape index (κ1) is 20.4. The van der Waals surface area contributed by atoms with E-state index >= 15 is 0 Å². The highest BCUT2D eigenvalue weighted by Crippen LogP contribution is 2.22. The van der Waals surface area contributed by atoms with Crippen molar-refractivity contribution in [3.8, 4) is 0 Å². The summed E-state index contributed by atoms with van der Waals surface area (Å²) in [7, 11) is 0. The van der Waals surface area contributed by atoms with Crippen LogP contribution in [0, 0.1) is 0 Å². The van der Waals surface area contributed by atoms with Crippen LogP contribution in [-0.2, 0) is 20.7 Å². The van der Waals surface area contributed by atoms with E-state index in [2.05, 4.69) is 10.3 Å². The van der Waals surface area contributed by atoms with Gasteiger partial charge in [0.25, 0.3) is 5.91 Å². The number of para-hydroxylation sites is 1. The summed E-state index contributed by atoms with van der Waals surface area (Å²) in [5.74, 6) is -0.784. The molecule has 2 N–H and O–H groups in total. The first-order valence-electron chi connectivity index (χ1n) is 10.3. The average Bonchev–Trinajstić information content (AvgIpc) is 3.21. The number of hydrogen-bond donors (Lipinski definition) is 2. The fourth-order valence-electron chi connectivity index (χ4n) is 3.64. The first-order chi connectivity index (χ1) is 15.1. The zero-order chi connectivity index (χ0) is 21.6. The van der Waals surface area contributed by atoms with Crippen LogP contribution in [0.5, 0.6) is 0 Å². The molecule has 5 heteroatoms. The molecule has 31 heavy (non-hydrogen) atoms. The van der Waals surface area contributed by atoms with E-state index in [9.17, 15) is 9.59 Å². The summed E-state index contributed by atoms with van der Waals surface area (Å²) in [5, 5.41) is 4.00. The van der Waals surface area contributed by atoms with Crippen LogP contribution < -0.4 is 5.32 Å². The van der Waals surface area contributed by atoms with Gasteiger partial charge < -0.3 is 15.0 Å². The van der Waals surface area contributed by atoms with E-state index < -0.39 is 12.1 Å². The van der Waals surface area contributed by atoms with Gasteiger partial charge in [-0.2, -0.15) is 0 Å². The van der Waals surface area contributed by atoms with Crippen LogP contribution in [0.25, 0.3) is 10.9 Å². The average molecular weight is 412 g/mol. The summed E-state index contributed by atoms with van der Waals surface area (Å²) >= 11 is 0. The van der Waals surface area contributed by atoms with Gasteiger partial charge in [0.2, 0.25) is 0 Å². The van der Waals surface area contributed by atoms with Crippen molar-refractivity contribution in [1.82, 2.24) is 10.3 Å². The minimum absolute atomic E-state index is 0.0996. The van der Waals surface area contributed by atoms with Crippen LogP contribution in [0.1, 0.15) is 29.7 Å². The summed E-state index contributed by atoms with van der Waals surface area (Å²) < 4.78 is 5.44. The zero-order valence-corrected chi connectivity index (χ0v) is 17.2. The molecule has 1 amide bonds. The first-order valence-corrected chi connectivity index (χ1v) is 10.3. The van der Waals surface area contributed by atoms with E-state index in [1.807, 2.05) is 84.9 Å². The van der Waals surface area contributed by atoms with Crippen LogP contribution in [0.4, 0.5) is 0 Å². The van der Waals surface area contributed by atoms with Gasteiger partial charge in [-0.25, -0.2) is 0 Å². The SMILES string of the molecule is C[C@@H](OC(=O)Cc1c[nH]c2ccccc12)C(=O)NC(c1ccccc1)c1ccccc1. The smallest absolute Gasteiger partial charge is 0.311 e. The Bertz CT molecular complexity index is 1130. The van der Waals surface area contributed by atoms with Crippen molar-refractivity contribution in [2.75, 3.05) is 0 Å². The number of hydrogen-bond acceptors (Lipinski definition) is 3. The molecular weight excluding hydrogens is 388 g/mol. The third-order valence-electron chi connectivity index (χ3n) is 5.24. The third-order valence-corrected chi connectivity index (χ3v) is 5.24. The van der Waals surface area contributed by atoms with Crippen molar-refractivity contribution >= 4 is 22.8 Å². The maximum atomic E-state index is 12.9. The molecule has 0 fully saturated rings. The van der Waals surface area contributed by atoms with Gasteiger partial charge >= 0.3 is 5.97 Å². The minimum atomic E-state index is -0.910. The molecule has 156 valence electrons. The largest absolute Gasteiger partial charge is 0.452 e. The summed E-state index contributed by atoms with van der Waals surface area (Å²) in [4.78, 5) is 28.5. The highest BCUT2D eigenvalue weighted by Gasteiger charge is 2.23. The molecule has 0 saturated heterocycles.